The molecule has 2 aromatic carbocycles. The van der Waals surface area contributed by atoms with Crippen LogP contribution in [0.25, 0.3) is 11.1 Å². The van der Waals surface area contributed by atoms with E-state index in [9.17, 15) is 0 Å². The molecule has 10 heteroatoms. The minimum atomic E-state index is -0.581. The molecule has 0 bridgehead atoms. The molecule has 2 aromatic heterocycles. The Morgan fingerprint density at radius 1 is 1.03 bits per heavy atom. The number of H-pyrrole nitrogens is 1. The highest BCUT2D eigenvalue weighted by molar-refractivity contribution is 5.72. The smallest absolute Gasteiger partial charge is 0.316 e. The molecule has 0 spiro atoms. The second kappa shape index (κ2) is 11.5. The van der Waals surface area contributed by atoms with Crippen molar-refractivity contribution in [1.29, 1.82) is 0 Å². The number of aromatic amines is 1. The molecule has 204 valence electrons. The first-order valence-electron chi connectivity index (χ1n) is 13.2. The average Bonchev–Trinajstić information content (AvgIpc) is 3.56. The maximum atomic E-state index is 5.87. The van der Waals surface area contributed by atoms with Crippen molar-refractivity contribution >= 4 is 5.69 Å². The molecule has 1 saturated heterocycles. The molecule has 5 rings (SSSR count). The molecule has 0 saturated carbocycles. The van der Waals surface area contributed by atoms with E-state index in [1.54, 1.807) is 0 Å². The van der Waals surface area contributed by atoms with E-state index in [-0.39, 0.29) is 6.10 Å². The second-order valence-electron chi connectivity index (χ2n) is 10.3. The zero-order valence-electron chi connectivity index (χ0n) is 23.1. The highest BCUT2D eigenvalue weighted by Crippen LogP contribution is 2.31. The Labute approximate surface area is 228 Å². The van der Waals surface area contributed by atoms with Gasteiger partial charge in [-0.3, -0.25) is 0 Å². The lowest BCUT2D eigenvalue weighted by Gasteiger charge is -2.18. The fourth-order valence-electron chi connectivity index (χ4n) is 4.83. The van der Waals surface area contributed by atoms with Crippen LogP contribution >= 0.6 is 0 Å². The van der Waals surface area contributed by atoms with E-state index in [0.29, 0.717) is 25.8 Å². The third kappa shape index (κ3) is 6.58. The van der Waals surface area contributed by atoms with Crippen molar-refractivity contribution in [3.8, 4) is 17.1 Å². The minimum Gasteiger partial charge on any atom is -0.461 e. The van der Waals surface area contributed by atoms with E-state index in [1.165, 1.54) is 16.7 Å². The number of nitrogens with one attached hydrogen (secondary N) is 2. The summed E-state index contributed by atoms with van der Waals surface area (Å²) in [5.74, 6) is 0.144. The standard InChI is InChI=1S/C29H35N7O3/c1-18-22(15-30-23-12-9-21(10-13-23)11-14-26-33-35-36-34-26)7-6-8-25(18)27-19(2)31-28(32-20(27)3)37-16-24-17-38-29(4,5)39-24/h6-10,12-13,24,30H,11,14-17H2,1-5H3,(H,33,34,35,36)/t24-/m1/s1. The molecule has 0 radical (unpaired) electrons. The van der Waals surface area contributed by atoms with Gasteiger partial charge in [-0.05, 0) is 75.4 Å². The number of aryl methyl sites for hydroxylation is 4. The molecule has 2 N–H and O–H groups in total. The molecule has 1 aliphatic heterocycles. The first kappa shape index (κ1) is 26.7. The maximum absolute atomic E-state index is 5.87. The topological polar surface area (TPSA) is 120 Å². The number of hydrogen-bond acceptors (Lipinski definition) is 9. The summed E-state index contributed by atoms with van der Waals surface area (Å²) in [6, 6.07) is 15.2. The van der Waals surface area contributed by atoms with Crippen molar-refractivity contribution in [2.24, 2.45) is 0 Å². The quantitative estimate of drug-likeness (QED) is 0.306. The molecule has 3 heterocycles. The fourth-order valence-corrected chi connectivity index (χ4v) is 4.83. The highest BCUT2D eigenvalue weighted by Gasteiger charge is 2.33. The van der Waals surface area contributed by atoms with Crippen molar-refractivity contribution in [2.75, 3.05) is 18.5 Å². The van der Waals surface area contributed by atoms with Crippen molar-refractivity contribution in [2.45, 2.75) is 65.9 Å². The van der Waals surface area contributed by atoms with Crippen LogP contribution in [0.2, 0.25) is 0 Å². The van der Waals surface area contributed by atoms with Crippen LogP contribution in [0.5, 0.6) is 6.01 Å². The molecule has 4 aromatic rings. The average molecular weight is 530 g/mol. The van der Waals surface area contributed by atoms with E-state index < -0.39 is 5.79 Å². The van der Waals surface area contributed by atoms with Gasteiger partial charge >= 0.3 is 6.01 Å². The van der Waals surface area contributed by atoms with Gasteiger partial charge in [-0.25, -0.2) is 0 Å². The predicted octanol–water partition coefficient (Wildman–Crippen LogP) is 4.51. The zero-order chi connectivity index (χ0) is 27.4. The molecule has 1 aliphatic rings. The third-order valence-electron chi connectivity index (χ3n) is 6.89. The molecule has 0 amide bonds. The van der Waals surface area contributed by atoms with Crippen LogP contribution in [-0.2, 0) is 28.9 Å². The number of tetrazole rings is 1. The van der Waals surface area contributed by atoms with Gasteiger partial charge < -0.3 is 19.5 Å². The fraction of sp³-hybridized carbons (Fsp3) is 0.414. The third-order valence-corrected chi connectivity index (χ3v) is 6.89. The Hall–Kier alpha value is -3.89. The van der Waals surface area contributed by atoms with Gasteiger partial charge in [-0.15, -0.1) is 10.2 Å². The van der Waals surface area contributed by atoms with Gasteiger partial charge in [0.15, 0.2) is 11.6 Å². The van der Waals surface area contributed by atoms with E-state index in [0.717, 1.165) is 46.9 Å². The Bertz CT molecular complexity index is 1380. The van der Waals surface area contributed by atoms with Crippen molar-refractivity contribution in [1.82, 2.24) is 30.6 Å². The number of benzene rings is 2. The molecule has 10 nitrogen and oxygen atoms in total. The maximum Gasteiger partial charge on any atom is 0.316 e. The Morgan fingerprint density at radius 2 is 1.79 bits per heavy atom. The molecular weight excluding hydrogens is 494 g/mol. The molecular formula is C29H35N7O3. The van der Waals surface area contributed by atoms with Crippen LogP contribution in [0.4, 0.5) is 5.69 Å². The summed E-state index contributed by atoms with van der Waals surface area (Å²) in [6.07, 6.45) is 1.49. The van der Waals surface area contributed by atoms with E-state index in [1.807, 2.05) is 27.7 Å². The molecule has 1 fully saturated rings. The second-order valence-corrected chi connectivity index (χ2v) is 10.3. The van der Waals surface area contributed by atoms with Crippen molar-refractivity contribution < 1.29 is 14.2 Å². The van der Waals surface area contributed by atoms with E-state index in [2.05, 4.69) is 85.3 Å². The van der Waals surface area contributed by atoms with Crippen LogP contribution in [0.1, 0.15) is 47.8 Å². The molecule has 0 unspecified atom stereocenters. The highest BCUT2D eigenvalue weighted by atomic mass is 16.7. The number of nitrogens with zero attached hydrogens (tertiary/aromatic N) is 5. The number of aromatic nitrogens is 6. The van der Waals surface area contributed by atoms with Crippen molar-refractivity contribution in [3.63, 3.8) is 0 Å². The Kier molecular flexibility index (Phi) is 7.85. The van der Waals surface area contributed by atoms with Crippen LogP contribution < -0.4 is 10.1 Å². The van der Waals surface area contributed by atoms with Crippen LogP contribution in [0, 0.1) is 20.8 Å². The van der Waals surface area contributed by atoms with Crippen LogP contribution in [0.15, 0.2) is 42.5 Å². The lowest BCUT2D eigenvalue weighted by atomic mass is 9.94. The first-order valence-corrected chi connectivity index (χ1v) is 13.2. The van der Waals surface area contributed by atoms with Gasteiger partial charge in [0.2, 0.25) is 0 Å². The van der Waals surface area contributed by atoms with Gasteiger partial charge in [-0.1, -0.05) is 35.5 Å². The monoisotopic (exact) mass is 529 g/mol. The summed E-state index contributed by atoms with van der Waals surface area (Å²) in [6.45, 7) is 11.5. The van der Waals surface area contributed by atoms with Gasteiger partial charge in [0.25, 0.3) is 0 Å². The number of rotatable bonds is 10. The van der Waals surface area contributed by atoms with Gasteiger partial charge in [0.05, 0.1) is 18.0 Å². The largest absolute Gasteiger partial charge is 0.461 e. The lowest BCUT2D eigenvalue weighted by molar-refractivity contribution is -0.141. The van der Waals surface area contributed by atoms with Gasteiger partial charge in [-0.2, -0.15) is 15.2 Å². The number of ether oxygens (including phenoxy) is 3. The summed E-state index contributed by atoms with van der Waals surface area (Å²) in [4.78, 5) is 9.31. The SMILES string of the molecule is Cc1nc(OC[C@@H]2COC(C)(C)O2)nc(C)c1-c1cccc(CNc2ccc(CCc3nn[nH]n3)cc2)c1C. The molecule has 0 aliphatic carbocycles. The lowest BCUT2D eigenvalue weighted by Crippen LogP contribution is -2.25. The van der Waals surface area contributed by atoms with E-state index in [4.69, 9.17) is 14.2 Å². The summed E-state index contributed by atoms with van der Waals surface area (Å²) in [5, 5.41) is 17.7. The van der Waals surface area contributed by atoms with Crippen molar-refractivity contribution in [3.05, 3.63) is 76.4 Å². The van der Waals surface area contributed by atoms with Gasteiger partial charge in [0.1, 0.15) is 12.7 Å². The summed E-state index contributed by atoms with van der Waals surface area (Å²) < 4.78 is 17.3. The normalized spacial score (nSPS) is 16.4. The zero-order valence-corrected chi connectivity index (χ0v) is 23.1. The molecule has 1 atom stereocenters. The summed E-state index contributed by atoms with van der Waals surface area (Å²) in [5.41, 5.74) is 8.64. The van der Waals surface area contributed by atoms with Crippen LogP contribution in [-0.4, -0.2) is 55.7 Å². The minimum absolute atomic E-state index is 0.136. The van der Waals surface area contributed by atoms with Gasteiger partial charge in [0, 0.05) is 24.2 Å². The van der Waals surface area contributed by atoms with E-state index >= 15 is 0 Å². The number of hydrogen-bond donors (Lipinski definition) is 2. The predicted molar refractivity (Wildman–Crippen MR) is 147 cm³/mol. The molecule has 39 heavy (non-hydrogen) atoms. The summed E-state index contributed by atoms with van der Waals surface area (Å²) >= 11 is 0. The summed E-state index contributed by atoms with van der Waals surface area (Å²) in [7, 11) is 0. The van der Waals surface area contributed by atoms with Crippen LogP contribution in [0.3, 0.4) is 0 Å². The first-order chi connectivity index (χ1) is 18.8. The Balaban J connectivity index is 1.23. The number of anilines is 1. The Morgan fingerprint density at radius 3 is 2.46 bits per heavy atom.